The summed E-state index contributed by atoms with van der Waals surface area (Å²) >= 11 is 0. The highest BCUT2D eigenvalue weighted by Gasteiger charge is 2.20. The number of halogens is 2. The molecule has 1 unspecified atom stereocenters. The number of methoxy groups -OCH3 is 1. The zero-order valence-electron chi connectivity index (χ0n) is 11.2. The van der Waals surface area contributed by atoms with Crippen molar-refractivity contribution in [2.75, 3.05) is 13.7 Å². The summed E-state index contributed by atoms with van der Waals surface area (Å²) in [6, 6.07) is 1.72. The van der Waals surface area contributed by atoms with E-state index in [1.807, 2.05) is 0 Å². The van der Waals surface area contributed by atoms with Gasteiger partial charge in [0.2, 0.25) is 0 Å². The number of carbonyl (C=O) groups is 1. The van der Waals surface area contributed by atoms with E-state index in [1.165, 1.54) is 14.0 Å². The summed E-state index contributed by atoms with van der Waals surface area (Å²) in [5.74, 6) is -1.41. The summed E-state index contributed by atoms with van der Waals surface area (Å²) in [5, 5.41) is 2.55. The summed E-state index contributed by atoms with van der Waals surface area (Å²) in [6.07, 6.45) is 0. The molecule has 0 bridgehead atoms. The van der Waals surface area contributed by atoms with Crippen molar-refractivity contribution in [3.05, 3.63) is 29.1 Å². The van der Waals surface area contributed by atoms with Crippen molar-refractivity contribution in [3.63, 3.8) is 0 Å². The summed E-state index contributed by atoms with van der Waals surface area (Å²) in [6.45, 7) is 3.26. The Bertz CT molecular complexity index is 618. The van der Waals surface area contributed by atoms with Crippen LogP contribution in [0.15, 0.2) is 17.0 Å². The molecule has 0 aliphatic heterocycles. The average Bonchev–Trinajstić information content (AvgIpc) is 2.30. The van der Waals surface area contributed by atoms with Gasteiger partial charge in [-0.1, -0.05) is 0 Å². The molecule has 1 aromatic rings. The molecule has 1 amide bonds. The van der Waals surface area contributed by atoms with Crippen LogP contribution < -0.4 is 5.32 Å². The van der Waals surface area contributed by atoms with Crippen molar-refractivity contribution in [3.8, 4) is 0 Å². The summed E-state index contributed by atoms with van der Waals surface area (Å²) in [4.78, 5) is 11.5. The number of hydrogen-bond acceptors (Lipinski definition) is 4. The first-order valence-corrected chi connectivity index (χ1v) is 8.02. The normalized spacial score (nSPS) is 13.1. The largest absolute Gasteiger partial charge is 0.383 e. The Morgan fingerprint density at radius 1 is 1.50 bits per heavy atom. The van der Waals surface area contributed by atoms with Gasteiger partial charge >= 0.3 is 0 Å². The summed E-state index contributed by atoms with van der Waals surface area (Å²) in [7, 11) is 2.58. The third-order valence-electron chi connectivity index (χ3n) is 2.62. The number of rotatable bonds is 5. The summed E-state index contributed by atoms with van der Waals surface area (Å²) < 4.78 is 41.2. The number of hydrogen-bond donors (Lipinski definition) is 1. The molecule has 0 fully saturated rings. The molecule has 1 rings (SSSR count). The molecule has 0 heterocycles. The second kappa shape index (κ2) is 6.51. The van der Waals surface area contributed by atoms with Gasteiger partial charge in [-0.3, -0.25) is 4.79 Å². The Kier molecular flexibility index (Phi) is 5.50. The molecule has 0 saturated carbocycles. The highest BCUT2D eigenvalue weighted by atomic mass is 35.7. The van der Waals surface area contributed by atoms with E-state index in [9.17, 15) is 17.6 Å². The number of nitrogens with one attached hydrogen (secondary N) is 1. The van der Waals surface area contributed by atoms with Crippen LogP contribution in [0.25, 0.3) is 0 Å². The van der Waals surface area contributed by atoms with Gasteiger partial charge in [0.15, 0.2) is 0 Å². The van der Waals surface area contributed by atoms with E-state index in [1.54, 1.807) is 6.92 Å². The van der Waals surface area contributed by atoms with Crippen LogP contribution in [-0.4, -0.2) is 34.1 Å². The van der Waals surface area contributed by atoms with Gasteiger partial charge in [0, 0.05) is 35.0 Å². The second-order valence-electron chi connectivity index (χ2n) is 4.35. The van der Waals surface area contributed by atoms with Crippen LogP contribution in [0.4, 0.5) is 4.39 Å². The Morgan fingerprint density at radius 3 is 2.60 bits per heavy atom. The minimum Gasteiger partial charge on any atom is -0.383 e. The smallest absolute Gasteiger partial charge is 0.261 e. The third kappa shape index (κ3) is 4.16. The quantitative estimate of drug-likeness (QED) is 0.839. The number of benzene rings is 1. The maximum Gasteiger partial charge on any atom is 0.261 e. The predicted molar refractivity (Wildman–Crippen MR) is 73.0 cm³/mol. The Hall–Kier alpha value is -1.18. The van der Waals surface area contributed by atoms with Crippen LogP contribution in [0.2, 0.25) is 0 Å². The van der Waals surface area contributed by atoms with Gasteiger partial charge in [0.25, 0.3) is 15.0 Å². The first kappa shape index (κ1) is 16.9. The van der Waals surface area contributed by atoms with Crippen LogP contribution in [0.3, 0.4) is 0 Å². The topological polar surface area (TPSA) is 72.5 Å². The van der Waals surface area contributed by atoms with Crippen molar-refractivity contribution < 1.29 is 22.3 Å². The number of amides is 1. The molecule has 0 saturated heterocycles. The van der Waals surface area contributed by atoms with Crippen molar-refractivity contribution >= 4 is 25.6 Å². The Balaban J connectivity index is 3.15. The fourth-order valence-corrected chi connectivity index (χ4v) is 2.85. The maximum absolute atomic E-state index is 13.7. The van der Waals surface area contributed by atoms with E-state index < -0.39 is 25.7 Å². The molecule has 0 radical (unpaired) electrons. The summed E-state index contributed by atoms with van der Waals surface area (Å²) in [5.41, 5.74) is -0.239. The van der Waals surface area contributed by atoms with E-state index >= 15 is 0 Å². The number of carbonyl (C=O) groups excluding carboxylic acids is 1. The lowest BCUT2D eigenvalue weighted by Gasteiger charge is -2.13. The van der Waals surface area contributed by atoms with E-state index in [2.05, 4.69) is 5.32 Å². The lowest BCUT2D eigenvalue weighted by Crippen LogP contribution is -2.35. The maximum atomic E-state index is 13.7. The molecule has 8 heteroatoms. The monoisotopic (exact) mass is 323 g/mol. The molecule has 1 atom stereocenters. The van der Waals surface area contributed by atoms with Gasteiger partial charge in [-0.05, 0) is 26.0 Å². The van der Waals surface area contributed by atoms with Crippen LogP contribution in [0.5, 0.6) is 0 Å². The zero-order chi connectivity index (χ0) is 15.5. The van der Waals surface area contributed by atoms with Gasteiger partial charge in [-0.25, -0.2) is 12.8 Å². The molecule has 1 N–H and O–H groups in total. The van der Waals surface area contributed by atoms with Crippen LogP contribution in [0.1, 0.15) is 22.8 Å². The lowest BCUT2D eigenvalue weighted by molar-refractivity contribution is 0.0905. The van der Waals surface area contributed by atoms with Gasteiger partial charge in [0.05, 0.1) is 11.5 Å². The highest BCUT2D eigenvalue weighted by Crippen LogP contribution is 2.23. The van der Waals surface area contributed by atoms with Crippen molar-refractivity contribution in [2.24, 2.45) is 0 Å². The minimum atomic E-state index is -4.12. The van der Waals surface area contributed by atoms with E-state index in [-0.39, 0.29) is 23.8 Å². The van der Waals surface area contributed by atoms with Crippen LogP contribution >= 0.6 is 10.7 Å². The zero-order valence-corrected chi connectivity index (χ0v) is 12.8. The molecule has 5 nitrogen and oxygen atoms in total. The average molecular weight is 324 g/mol. The SMILES string of the molecule is COCC(C)NC(=O)c1cc(F)c(C)c(S(=O)(=O)Cl)c1. The first-order chi connectivity index (χ1) is 9.16. The van der Waals surface area contributed by atoms with Gasteiger partial charge in [0.1, 0.15) is 5.82 Å². The third-order valence-corrected chi connectivity index (χ3v) is 4.06. The van der Waals surface area contributed by atoms with Crippen molar-refractivity contribution in [2.45, 2.75) is 24.8 Å². The molecule has 1 aromatic carbocycles. The Morgan fingerprint density at radius 2 is 2.10 bits per heavy atom. The molecule has 0 aromatic heterocycles. The van der Waals surface area contributed by atoms with E-state index in [0.29, 0.717) is 0 Å². The van der Waals surface area contributed by atoms with E-state index in [0.717, 1.165) is 12.1 Å². The second-order valence-corrected chi connectivity index (χ2v) is 6.88. The van der Waals surface area contributed by atoms with Gasteiger partial charge < -0.3 is 10.1 Å². The van der Waals surface area contributed by atoms with Crippen molar-refractivity contribution in [1.82, 2.24) is 5.32 Å². The van der Waals surface area contributed by atoms with E-state index in [4.69, 9.17) is 15.4 Å². The molecule has 0 spiro atoms. The first-order valence-electron chi connectivity index (χ1n) is 5.71. The standard InChI is InChI=1S/C12H15ClFNO4S/c1-7(6-19-3)15-12(16)9-4-10(14)8(2)11(5-9)20(13,17)18/h4-5,7H,6H2,1-3H3,(H,15,16). The number of ether oxygens (including phenoxy) is 1. The molecule has 20 heavy (non-hydrogen) atoms. The van der Waals surface area contributed by atoms with Crippen molar-refractivity contribution in [1.29, 1.82) is 0 Å². The fourth-order valence-electron chi connectivity index (χ4n) is 1.64. The predicted octanol–water partition coefficient (Wildman–Crippen LogP) is 1.83. The minimum absolute atomic E-state index is 0.115. The van der Waals surface area contributed by atoms with Crippen LogP contribution in [-0.2, 0) is 13.8 Å². The fraction of sp³-hybridized carbons (Fsp3) is 0.417. The van der Waals surface area contributed by atoms with Crippen LogP contribution in [0, 0.1) is 12.7 Å². The Labute approximate surface area is 121 Å². The molecule has 112 valence electrons. The molecular formula is C12H15ClFNO4S. The molecule has 0 aliphatic rings. The highest BCUT2D eigenvalue weighted by molar-refractivity contribution is 8.13. The van der Waals surface area contributed by atoms with Gasteiger partial charge in [-0.15, -0.1) is 0 Å². The van der Waals surface area contributed by atoms with Gasteiger partial charge in [-0.2, -0.15) is 0 Å². The molecule has 0 aliphatic carbocycles. The molecular weight excluding hydrogens is 309 g/mol. The lowest BCUT2D eigenvalue weighted by atomic mass is 10.1.